The molecule has 0 aliphatic carbocycles. The van der Waals surface area contributed by atoms with Crippen LogP contribution in [-0.4, -0.2) is 40.8 Å². The van der Waals surface area contributed by atoms with Crippen LogP contribution in [0, 0.1) is 0 Å². The predicted molar refractivity (Wildman–Crippen MR) is 511 cm³/mol. The molecule has 0 unspecified atom stereocenters. The number of hydrogen-bond acceptors (Lipinski definition) is 15. The van der Waals surface area contributed by atoms with E-state index in [0.717, 1.165) is 149 Å². The minimum absolute atomic E-state index is 0.0447. The Morgan fingerprint density at radius 2 is 0.395 bits per heavy atom. The fourth-order valence-corrected chi connectivity index (χ4v) is 15.6. The molecule has 0 amide bonds. The number of hydrogen-bond donors (Lipinski definition) is 3. The fourth-order valence-electron chi connectivity index (χ4n) is 15.6. The first-order valence-electron chi connectivity index (χ1n) is 44.6. The van der Waals surface area contributed by atoms with Gasteiger partial charge in [0, 0.05) is 48.7 Å². The predicted octanol–water partition coefficient (Wildman–Crippen LogP) is 24.3. The van der Waals surface area contributed by atoms with Gasteiger partial charge in [-0.15, -0.1) is 0 Å². The van der Waals surface area contributed by atoms with Crippen LogP contribution < -0.4 is 44.4 Å². The van der Waals surface area contributed by atoms with Gasteiger partial charge in [-0.25, -0.2) is 0 Å². The average molecular weight is 1720 g/mol. The van der Waals surface area contributed by atoms with E-state index in [1.165, 1.54) is 33.4 Å². The Morgan fingerprint density at radius 3 is 0.659 bits per heavy atom. The molecular weight excluding hydrogens is 1600 g/mol. The Morgan fingerprint density at radius 1 is 0.186 bits per heavy atom. The zero-order valence-electron chi connectivity index (χ0n) is 73.0. The molecule has 129 heavy (non-hydrogen) atoms. The lowest BCUT2D eigenvalue weighted by molar-refractivity contribution is 0.00209. The minimum Gasteiger partial charge on any atom is -0.467 e. The van der Waals surface area contributed by atoms with Crippen LogP contribution in [0.2, 0.25) is 0 Å². The van der Waals surface area contributed by atoms with E-state index in [0.29, 0.717) is 103 Å². The molecule has 0 atom stereocenters. The standard InChI is InChI=1S/C114H111N3O12/c1-7-19-93(20-8-1)73-118-79-124-109-63-102-56-40-86-33-37-92(38-34-86)72-117-106-61-49-88(50-62-106)42-58-104-66-114(129-84-123-78-98-29-17-6-18-30-98)108(68-112(104)127-82-121-76-96-25-13-4-14-26-96)100-53-45-90(46-54-100)70-115-69-89-43-51-99(52-44-89)107-67-111(126-81-120-75-95-23-11-3-12-24-95)103(65-113(107)128-83-122-77-97-27-15-5-16-28-97)57-41-87-47-59-105(60-48-87)116-71-91-35-31-85(32-36-91)39-55-101(109)64-110(102)125-80-119-74-94-21-9-2-10-22-94/h1-38,43-54,59-68,115-117H,39-42,55-58,69-84H2. The van der Waals surface area contributed by atoms with Crippen molar-refractivity contribution in [1.82, 2.24) is 5.32 Å². The summed E-state index contributed by atoms with van der Waals surface area (Å²) in [5, 5.41) is 11.1. The van der Waals surface area contributed by atoms with Crippen molar-refractivity contribution in [2.75, 3.05) is 51.4 Å². The molecule has 0 saturated carbocycles. The summed E-state index contributed by atoms with van der Waals surface area (Å²) >= 11 is 0. The summed E-state index contributed by atoms with van der Waals surface area (Å²) < 4.78 is 77.1. The fraction of sp³-hybridized carbons (Fsp3) is 0.211. The quantitative estimate of drug-likeness (QED) is 0.0290. The normalized spacial score (nSPS) is 12.6. The van der Waals surface area contributed by atoms with Crippen molar-refractivity contribution in [3.05, 3.63) is 464 Å². The van der Waals surface area contributed by atoms with Gasteiger partial charge in [0.2, 0.25) is 0 Å². The van der Waals surface area contributed by atoms with Crippen molar-refractivity contribution >= 4 is 11.4 Å². The summed E-state index contributed by atoms with van der Waals surface area (Å²) in [6.07, 6.45) is 5.79. The van der Waals surface area contributed by atoms with Gasteiger partial charge in [-0.05, 0) is 223 Å². The van der Waals surface area contributed by atoms with Gasteiger partial charge >= 0.3 is 0 Å². The highest BCUT2D eigenvalue weighted by atomic mass is 16.7. The molecule has 654 valence electrons. The van der Waals surface area contributed by atoms with Gasteiger partial charge in [-0.1, -0.05) is 303 Å². The van der Waals surface area contributed by atoms with Crippen LogP contribution in [0.1, 0.15) is 100 Å². The maximum atomic E-state index is 6.67. The number of nitrogens with one attached hydrogen (secondary N) is 3. The SMILES string of the molecule is c1ccc(COCOc2cc3c(OCOCc4ccccc4)cc2CCc2ccc(cc2)CNc2ccc(cc2)CCc2cc(OCOCc4ccccc4)c(cc2OCOCc2ccccc2)-c2ccc(cc2)CNCc2ccc(cc2)-c2cc(OCOCc4ccccc4)c(cc2OCOCc2ccccc2)CCc2ccc(cc2)NCc2ccc(cc2)CC3)cc1. The molecule has 20 aliphatic rings. The van der Waals surface area contributed by atoms with Gasteiger partial charge in [0.1, 0.15) is 34.5 Å². The van der Waals surface area contributed by atoms with Crippen molar-refractivity contribution in [1.29, 1.82) is 0 Å². The van der Waals surface area contributed by atoms with Crippen LogP contribution >= 0.6 is 0 Å². The molecule has 15 nitrogen and oxygen atoms in total. The van der Waals surface area contributed by atoms with E-state index in [1.54, 1.807) is 0 Å². The molecule has 0 spiro atoms. The Balaban J connectivity index is 0.679. The molecule has 0 aromatic heterocycles. The Kier molecular flexibility index (Phi) is 32.9. The lowest BCUT2D eigenvalue weighted by atomic mass is 9.97. The van der Waals surface area contributed by atoms with E-state index in [9.17, 15) is 0 Å². The van der Waals surface area contributed by atoms with Gasteiger partial charge in [0.25, 0.3) is 0 Å². The Hall–Kier alpha value is -13.6. The second-order valence-electron chi connectivity index (χ2n) is 32.3. The number of benzene rings is 15. The van der Waals surface area contributed by atoms with Gasteiger partial charge < -0.3 is 72.8 Å². The monoisotopic (exact) mass is 1710 g/mol. The highest BCUT2D eigenvalue weighted by molar-refractivity contribution is 5.75. The summed E-state index contributed by atoms with van der Waals surface area (Å²) in [6, 6.07) is 126. The van der Waals surface area contributed by atoms with E-state index in [-0.39, 0.29) is 40.8 Å². The van der Waals surface area contributed by atoms with Crippen molar-refractivity contribution in [2.24, 2.45) is 0 Å². The van der Waals surface area contributed by atoms with Crippen LogP contribution in [0.3, 0.4) is 0 Å². The number of anilines is 2. The summed E-state index contributed by atoms with van der Waals surface area (Å²) in [5.41, 5.74) is 25.5. The molecule has 0 fully saturated rings. The number of ether oxygens (including phenoxy) is 12. The Labute approximate surface area is 758 Å². The van der Waals surface area contributed by atoms with E-state index in [2.05, 4.69) is 271 Å². The van der Waals surface area contributed by atoms with Gasteiger partial charge in [-0.2, -0.15) is 0 Å². The highest BCUT2D eigenvalue weighted by Crippen LogP contribution is 2.41. The smallest absolute Gasteiger partial charge is 0.189 e. The summed E-state index contributed by atoms with van der Waals surface area (Å²) in [6.45, 7) is 5.44. The molecule has 0 saturated heterocycles. The molecule has 0 radical (unpaired) electrons. The average Bonchev–Trinajstić information content (AvgIpc) is 0.801. The first kappa shape index (κ1) is 88.8. The summed E-state index contributed by atoms with van der Waals surface area (Å²) in [7, 11) is 0. The Bertz CT molecular complexity index is 5500. The molecule has 18 bridgehead atoms. The number of rotatable bonds is 30. The summed E-state index contributed by atoms with van der Waals surface area (Å²) in [5.74, 6) is 4.35. The van der Waals surface area contributed by atoms with E-state index in [1.807, 2.05) is 109 Å². The van der Waals surface area contributed by atoms with Crippen molar-refractivity contribution in [3.8, 4) is 56.8 Å². The third-order valence-corrected chi connectivity index (χ3v) is 22.9. The van der Waals surface area contributed by atoms with Gasteiger partial charge in [0.15, 0.2) is 40.8 Å². The van der Waals surface area contributed by atoms with Crippen molar-refractivity contribution in [2.45, 2.75) is 117 Å². The minimum atomic E-state index is 0.0447. The number of aryl methyl sites for hydroxylation is 8. The van der Waals surface area contributed by atoms with Crippen LogP contribution in [0.25, 0.3) is 22.3 Å². The molecule has 3 N–H and O–H groups in total. The molecular formula is C114H111N3O12. The summed E-state index contributed by atoms with van der Waals surface area (Å²) in [4.78, 5) is 0. The van der Waals surface area contributed by atoms with Crippen LogP contribution in [0.4, 0.5) is 11.4 Å². The van der Waals surface area contributed by atoms with Crippen molar-refractivity contribution in [3.63, 3.8) is 0 Å². The van der Waals surface area contributed by atoms with Crippen LogP contribution in [-0.2, 0) is 146 Å². The third kappa shape index (κ3) is 27.7. The lowest BCUT2D eigenvalue weighted by Gasteiger charge is -2.19. The molecule has 20 heterocycles. The van der Waals surface area contributed by atoms with E-state index in [4.69, 9.17) is 56.8 Å². The van der Waals surface area contributed by atoms with Crippen molar-refractivity contribution < 1.29 is 56.8 Å². The van der Waals surface area contributed by atoms with Gasteiger partial charge in [0.05, 0.1) is 39.6 Å². The third-order valence-electron chi connectivity index (χ3n) is 22.9. The van der Waals surface area contributed by atoms with E-state index < -0.39 is 0 Å². The maximum absolute atomic E-state index is 6.67. The van der Waals surface area contributed by atoms with Crippen LogP contribution in [0.15, 0.2) is 364 Å². The second kappa shape index (κ2) is 47.8. The topological polar surface area (TPSA) is 147 Å². The molecule has 15 aromatic rings. The van der Waals surface area contributed by atoms with Crippen LogP contribution in [0.5, 0.6) is 34.5 Å². The maximum Gasteiger partial charge on any atom is 0.189 e. The molecule has 15 aromatic carbocycles. The molecule has 35 rings (SSSR count). The second-order valence-corrected chi connectivity index (χ2v) is 32.3. The zero-order valence-corrected chi connectivity index (χ0v) is 73.0. The van der Waals surface area contributed by atoms with Gasteiger partial charge in [-0.3, -0.25) is 0 Å². The lowest BCUT2D eigenvalue weighted by Crippen LogP contribution is -2.12. The zero-order chi connectivity index (χ0) is 87.3. The first-order valence-corrected chi connectivity index (χ1v) is 44.6. The highest BCUT2D eigenvalue weighted by Gasteiger charge is 2.21. The van der Waals surface area contributed by atoms with E-state index >= 15 is 0 Å². The molecule has 15 heteroatoms. The largest absolute Gasteiger partial charge is 0.467 e. The molecule has 20 aliphatic heterocycles. The first-order chi connectivity index (χ1) is 63.9.